The van der Waals surface area contributed by atoms with Crippen LogP contribution in [0.2, 0.25) is 0 Å². The molecule has 2 fully saturated rings. The van der Waals surface area contributed by atoms with Crippen molar-refractivity contribution in [3.05, 3.63) is 65.4 Å². The highest BCUT2D eigenvalue weighted by Gasteiger charge is 2.35. The van der Waals surface area contributed by atoms with Gasteiger partial charge in [0, 0.05) is 35.6 Å². The average molecular weight is 546 g/mol. The number of fused-ring (bicyclic) bond motifs is 2. The van der Waals surface area contributed by atoms with E-state index in [9.17, 15) is 24.0 Å². The fourth-order valence-electron chi connectivity index (χ4n) is 5.35. The van der Waals surface area contributed by atoms with E-state index in [1.54, 1.807) is 34.1 Å². The number of piperidine rings is 1. The van der Waals surface area contributed by atoms with Gasteiger partial charge in [-0.3, -0.25) is 24.2 Å². The minimum Gasteiger partial charge on any atom is -0.459 e. The summed E-state index contributed by atoms with van der Waals surface area (Å²) in [6.45, 7) is 0.866. The molecule has 2 N–H and O–H groups in total. The number of nitrogens with zero attached hydrogens (tertiary/aromatic N) is 3. The molecule has 0 aliphatic carbocycles. The number of likely N-dealkylation sites (tertiary alicyclic amines) is 1. The number of nitrogens with one attached hydrogen (secondary N) is 2. The van der Waals surface area contributed by atoms with E-state index >= 15 is 0 Å². The minimum absolute atomic E-state index is 0.0508. The summed E-state index contributed by atoms with van der Waals surface area (Å²) in [5.74, 6) is -0.581. The summed E-state index contributed by atoms with van der Waals surface area (Å²) in [6.07, 6.45) is 0.922. The third-order valence-electron chi connectivity index (χ3n) is 7.43. The van der Waals surface area contributed by atoms with Crippen LogP contribution in [0.5, 0.6) is 0 Å². The number of imide groups is 1. The van der Waals surface area contributed by atoms with Gasteiger partial charge in [-0.2, -0.15) is 0 Å². The normalized spacial score (nSPS) is 17.6. The highest BCUT2D eigenvalue weighted by Crippen LogP contribution is 2.32. The van der Waals surface area contributed by atoms with Crippen LogP contribution >= 0.6 is 0 Å². The van der Waals surface area contributed by atoms with Gasteiger partial charge in [-0.25, -0.2) is 9.59 Å². The number of amides is 6. The molecule has 6 rings (SSSR count). The predicted octanol–water partition coefficient (Wildman–Crippen LogP) is 2.36. The second kappa shape index (κ2) is 10.4. The van der Waals surface area contributed by atoms with Crippen LogP contribution in [0.3, 0.4) is 0 Å². The van der Waals surface area contributed by atoms with Crippen molar-refractivity contribution >= 4 is 46.5 Å². The molecule has 3 aliphatic rings. The molecule has 4 heterocycles. The molecule has 0 saturated carbocycles. The fourth-order valence-corrected chi connectivity index (χ4v) is 5.35. The number of furan rings is 1. The van der Waals surface area contributed by atoms with E-state index in [2.05, 4.69) is 10.6 Å². The molecule has 1 aromatic heterocycles. The minimum atomic E-state index is -0.593. The van der Waals surface area contributed by atoms with Gasteiger partial charge in [0.15, 0.2) is 0 Å². The largest absolute Gasteiger partial charge is 0.459 e. The number of urea groups is 1. The SMILES string of the molecule is O=C(CN1C(=O)CNC1=O)NCc1cc2cc(C(=O)N3CCC(N4C(=O)OCc5ccccc54)CC3)ccc2o1. The van der Waals surface area contributed by atoms with Crippen LogP contribution in [0.4, 0.5) is 15.3 Å². The zero-order valence-corrected chi connectivity index (χ0v) is 21.6. The van der Waals surface area contributed by atoms with Gasteiger partial charge in [-0.05, 0) is 43.2 Å². The highest BCUT2D eigenvalue weighted by molar-refractivity contribution is 6.04. The van der Waals surface area contributed by atoms with Crippen molar-refractivity contribution in [2.75, 3.05) is 31.1 Å². The van der Waals surface area contributed by atoms with E-state index < -0.39 is 17.8 Å². The van der Waals surface area contributed by atoms with Crippen LogP contribution in [-0.4, -0.2) is 71.9 Å². The van der Waals surface area contributed by atoms with E-state index in [0.717, 1.165) is 16.2 Å². The third-order valence-corrected chi connectivity index (χ3v) is 7.43. The van der Waals surface area contributed by atoms with Crippen molar-refractivity contribution in [2.24, 2.45) is 0 Å². The Morgan fingerprint density at radius 2 is 1.82 bits per heavy atom. The molecule has 2 saturated heterocycles. The molecular formula is C28H27N5O7. The number of anilines is 1. The van der Waals surface area contributed by atoms with Gasteiger partial charge < -0.3 is 24.7 Å². The Hall–Kier alpha value is -4.87. The first-order valence-corrected chi connectivity index (χ1v) is 13.1. The molecule has 6 amide bonds. The molecule has 0 atom stereocenters. The summed E-state index contributed by atoms with van der Waals surface area (Å²) in [6, 6.07) is 14.0. The fraction of sp³-hybridized carbons (Fsp3) is 0.321. The van der Waals surface area contributed by atoms with E-state index in [1.165, 1.54) is 0 Å². The lowest BCUT2D eigenvalue weighted by Gasteiger charge is -2.40. The summed E-state index contributed by atoms with van der Waals surface area (Å²) < 4.78 is 11.2. The van der Waals surface area contributed by atoms with E-state index in [1.807, 2.05) is 24.3 Å². The number of hydrogen-bond donors (Lipinski definition) is 2. The van der Waals surface area contributed by atoms with Crippen molar-refractivity contribution in [3.8, 4) is 0 Å². The van der Waals surface area contributed by atoms with Crippen LogP contribution in [-0.2, 0) is 27.5 Å². The van der Waals surface area contributed by atoms with Gasteiger partial charge in [-0.1, -0.05) is 18.2 Å². The van der Waals surface area contributed by atoms with Crippen molar-refractivity contribution in [1.82, 2.24) is 20.4 Å². The van der Waals surface area contributed by atoms with Crippen molar-refractivity contribution < 1.29 is 33.1 Å². The molecule has 2 aromatic carbocycles. The summed E-state index contributed by atoms with van der Waals surface area (Å²) in [4.78, 5) is 65.7. The maximum Gasteiger partial charge on any atom is 0.414 e. The zero-order valence-electron chi connectivity index (χ0n) is 21.6. The molecule has 206 valence electrons. The van der Waals surface area contributed by atoms with E-state index in [-0.39, 0.29) is 44.3 Å². The lowest BCUT2D eigenvalue weighted by atomic mass is 10.00. The first kappa shape index (κ1) is 25.4. The molecular weight excluding hydrogens is 518 g/mol. The first-order chi connectivity index (χ1) is 19.4. The number of rotatable bonds is 6. The quantitative estimate of drug-likeness (QED) is 0.453. The summed E-state index contributed by atoms with van der Waals surface area (Å²) in [5.41, 5.74) is 2.93. The standard InChI is InChI=1S/C28H27N5O7/c34-24(15-32-25(35)14-30-27(32)37)29-13-21-12-19-11-17(5-6-23(19)40-21)26(36)31-9-7-20(8-10-31)33-22-4-2-1-3-18(22)16-39-28(33)38/h1-6,11-12,20H,7-10,13-16H2,(H,29,34)(H,30,37). The van der Waals surface area contributed by atoms with Crippen molar-refractivity contribution in [1.29, 1.82) is 0 Å². The molecule has 0 unspecified atom stereocenters. The van der Waals surface area contributed by atoms with E-state index in [0.29, 0.717) is 48.2 Å². The van der Waals surface area contributed by atoms with Gasteiger partial charge >= 0.3 is 12.1 Å². The maximum atomic E-state index is 13.3. The second-order valence-electron chi connectivity index (χ2n) is 9.96. The van der Waals surface area contributed by atoms with Gasteiger partial charge in [0.2, 0.25) is 5.91 Å². The van der Waals surface area contributed by atoms with Crippen LogP contribution in [0.1, 0.15) is 34.5 Å². The third kappa shape index (κ3) is 4.83. The molecule has 3 aromatic rings. The van der Waals surface area contributed by atoms with E-state index in [4.69, 9.17) is 9.15 Å². The Morgan fingerprint density at radius 1 is 1.02 bits per heavy atom. The summed E-state index contributed by atoms with van der Waals surface area (Å²) in [5, 5.41) is 5.72. The zero-order chi connectivity index (χ0) is 27.8. The predicted molar refractivity (Wildman–Crippen MR) is 141 cm³/mol. The Bertz CT molecular complexity index is 1510. The smallest absolute Gasteiger partial charge is 0.414 e. The second-order valence-corrected chi connectivity index (χ2v) is 9.96. The van der Waals surface area contributed by atoms with Crippen LogP contribution in [0, 0.1) is 0 Å². The van der Waals surface area contributed by atoms with Crippen molar-refractivity contribution in [2.45, 2.75) is 32.0 Å². The molecule has 12 nitrogen and oxygen atoms in total. The molecule has 0 radical (unpaired) electrons. The van der Waals surface area contributed by atoms with Crippen LogP contribution in [0.25, 0.3) is 11.0 Å². The number of carbonyl (C=O) groups is 5. The van der Waals surface area contributed by atoms with Gasteiger partial charge in [0.05, 0.1) is 18.8 Å². The average Bonchev–Trinajstić information content (AvgIpc) is 3.53. The molecule has 0 spiro atoms. The Labute approximate surface area is 228 Å². The summed E-state index contributed by atoms with van der Waals surface area (Å²) in [7, 11) is 0. The van der Waals surface area contributed by atoms with Crippen LogP contribution < -0.4 is 15.5 Å². The van der Waals surface area contributed by atoms with Gasteiger partial charge in [0.1, 0.15) is 24.5 Å². The molecule has 0 bridgehead atoms. The van der Waals surface area contributed by atoms with Gasteiger partial charge in [-0.15, -0.1) is 0 Å². The number of para-hydroxylation sites is 1. The molecule has 40 heavy (non-hydrogen) atoms. The number of carbonyl (C=O) groups excluding carboxylic acids is 5. The number of benzene rings is 2. The highest BCUT2D eigenvalue weighted by atomic mass is 16.6. The number of cyclic esters (lactones) is 1. The summed E-state index contributed by atoms with van der Waals surface area (Å²) >= 11 is 0. The van der Waals surface area contributed by atoms with Gasteiger partial charge in [0.25, 0.3) is 11.8 Å². The lowest BCUT2D eigenvalue weighted by Crippen LogP contribution is -2.50. The number of ether oxygens (including phenoxy) is 1. The Kier molecular flexibility index (Phi) is 6.58. The Morgan fingerprint density at radius 3 is 2.60 bits per heavy atom. The van der Waals surface area contributed by atoms with Crippen molar-refractivity contribution in [3.63, 3.8) is 0 Å². The lowest BCUT2D eigenvalue weighted by molar-refractivity contribution is -0.130. The maximum absolute atomic E-state index is 13.3. The number of hydrogen-bond acceptors (Lipinski definition) is 7. The molecule has 12 heteroatoms. The van der Waals surface area contributed by atoms with Crippen LogP contribution in [0.15, 0.2) is 52.9 Å². The monoisotopic (exact) mass is 545 g/mol. The Balaban J connectivity index is 1.06. The molecule has 3 aliphatic heterocycles. The first-order valence-electron chi connectivity index (χ1n) is 13.1. The topological polar surface area (TPSA) is 142 Å².